The molecule has 0 radical (unpaired) electrons. The Morgan fingerprint density at radius 1 is 1.52 bits per heavy atom. The number of morpholine rings is 1. The highest BCUT2D eigenvalue weighted by Crippen LogP contribution is 2.32. The van der Waals surface area contributed by atoms with Crippen LogP contribution in [0.15, 0.2) is 12.4 Å². The number of amides is 1. The van der Waals surface area contributed by atoms with Gasteiger partial charge in [0.1, 0.15) is 0 Å². The third-order valence-corrected chi connectivity index (χ3v) is 4.17. The van der Waals surface area contributed by atoms with Gasteiger partial charge in [0.05, 0.1) is 24.3 Å². The van der Waals surface area contributed by atoms with E-state index in [-0.39, 0.29) is 30.1 Å². The minimum absolute atomic E-state index is 0.00343. The van der Waals surface area contributed by atoms with Gasteiger partial charge in [-0.2, -0.15) is 5.10 Å². The van der Waals surface area contributed by atoms with Gasteiger partial charge in [-0.15, -0.1) is 0 Å². The van der Waals surface area contributed by atoms with Crippen LogP contribution in [0.3, 0.4) is 0 Å². The Labute approximate surface area is 125 Å². The minimum atomic E-state index is -0.00343. The van der Waals surface area contributed by atoms with Crippen LogP contribution in [0, 0.1) is 5.92 Å². The third kappa shape index (κ3) is 3.27. The van der Waals surface area contributed by atoms with Gasteiger partial charge in [-0.05, 0) is 20.3 Å². The molecule has 2 aliphatic rings. The number of fused-ring (bicyclic) bond motifs is 2. The maximum Gasteiger partial charge on any atom is 0.226 e. The van der Waals surface area contributed by atoms with Crippen LogP contribution in [-0.4, -0.2) is 51.9 Å². The fourth-order valence-electron chi connectivity index (χ4n) is 3.35. The molecule has 0 aromatic carbocycles. The number of carbonyl (C=O) groups is 1. The van der Waals surface area contributed by atoms with Crippen molar-refractivity contribution in [2.45, 2.75) is 45.1 Å². The van der Waals surface area contributed by atoms with Gasteiger partial charge in [0, 0.05) is 44.5 Å². The number of hydrogen-bond donors (Lipinski definition) is 1. The molecule has 3 atom stereocenters. The van der Waals surface area contributed by atoms with Crippen LogP contribution in [0.25, 0.3) is 0 Å². The molecule has 2 saturated heterocycles. The zero-order valence-electron chi connectivity index (χ0n) is 13.0. The SMILES string of the molecule is CC(C)NC(=O)C1CC2CN(Cc3cnn(C)c3)CC1O2. The summed E-state index contributed by atoms with van der Waals surface area (Å²) in [5.41, 5.74) is 1.21. The Hall–Kier alpha value is -1.40. The Kier molecular flexibility index (Phi) is 3.99. The molecule has 3 heterocycles. The molecule has 1 N–H and O–H groups in total. The second-order valence-corrected chi connectivity index (χ2v) is 6.52. The Morgan fingerprint density at radius 3 is 3.00 bits per heavy atom. The number of nitrogens with one attached hydrogen (secondary N) is 1. The van der Waals surface area contributed by atoms with Crippen molar-refractivity contribution < 1.29 is 9.53 Å². The van der Waals surface area contributed by atoms with Crippen molar-refractivity contribution in [3.63, 3.8) is 0 Å². The molecule has 0 spiro atoms. The summed E-state index contributed by atoms with van der Waals surface area (Å²) in [4.78, 5) is 14.6. The van der Waals surface area contributed by atoms with Crippen molar-refractivity contribution in [2.75, 3.05) is 13.1 Å². The van der Waals surface area contributed by atoms with Gasteiger partial charge in [-0.1, -0.05) is 0 Å². The summed E-state index contributed by atoms with van der Waals surface area (Å²) in [6, 6.07) is 0.185. The van der Waals surface area contributed by atoms with Crippen molar-refractivity contribution in [3.05, 3.63) is 18.0 Å². The van der Waals surface area contributed by atoms with E-state index >= 15 is 0 Å². The van der Waals surface area contributed by atoms with Gasteiger partial charge in [0.15, 0.2) is 0 Å². The molecule has 0 aliphatic carbocycles. The summed E-state index contributed by atoms with van der Waals surface area (Å²) in [7, 11) is 1.93. The molecule has 6 nitrogen and oxygen atoms in total. The van der Waals surface area contributed by atoms with E-state index in [0.717, 1.165) is 26.1 Å². The van der Waals surface area contributed by atoms with Crippen LogP contribution >= 0.6 is 0 Å². The van der Waals surface area contributed by atoms with Gasteiger partial charge in [0.2, 0.25) is 5.91 Å². The molecule has 116 valence electrons. The fourth-order valence-corrected chi connectivity index (χ4v) is 3.35. The van der Waals surface area contributed by atoms with E-state index in [1.165, 1.54) is 5.56 Å². The quantitative estimate of drug-likeness (QED) is 0.879. The highest BCUT2D eigenvalue weighted by atomic mass is 16.5. The highest BCUT2D eigenvalue weighted by molar-refractivity contribution is 5.80. The predicted molar refractivity (Wildman–Crippen MR) is 78.5 cm³/mol. The van der Waals surface area contributed by atoms with E-state index in [2.05, 4.69) is 15.3 Å². The lowest BCUT2D eigenvalue weighted by Crippen LogP contribution is -2.45. The van der Waals surface area contributed by atoms with Crippen molar-refractivity contribution in [1.82, 2.24) is 20.0 Å². The molecule has 2 fully saturated rings. The topological polar surface area (TPSA) is 59.4 Å². The van der Waals surface area contributed by atoms with E-state index in [1.807, 2.05) is 38.0 Å². The molecule has 1 aromatic heterocycles. The van der Waals surface area contributed by atoms with Crippen molar-refractivity contribution in [1.29, 1.82) is 0 Å². The van der Waals surface area contributed by atoms with Gasteiger partial charge < -0.3 is 10.1 Å². The monoisotopic (exact) mass is 292 g/mol. The first kappa shape index (κ1) is 14.5. The van der Waals surface area contributed by atoms with E-state index in [9.17, 15) is 4.79 Å². The molecule has 0 saturated carbocycles. The van der Waals surface area contributed by atoms with Gasteiger partial charge in [-0.25, -0.2) is 0 Å². The average molecular weight is 292 g/mol. The molecular weight excluding hydrogens is 268 g/mol. The molecular formula is C15H24N4O2. The van der Waals surface area contributed by atoms with Crippen LogP contribution < -0.4 is 5.32 Å². The summed E-state index contributed by atoms with van der Waals surface area (Å²) in [6.45, 7) is 6.59. The Bertz CT molecular complexity index is 514. The number of aryl methyl sites for hydroxylation is 1. The first-order chi connectivity index (χ1) is 10.0. The minimum Gasteiger partial charge on any atom is -0.371 e. The lowest BCUT2D eigenvalue weighted by Gasteiger charge is -2.32. The van der Waals surface area contributed by atoms with Crippen LogP contribution in [0.2, 0.25) is 0 Å². The highest BCUT2D eigenvalue weighted by Gasteiger charge is 2.44. The molecule has 2 aliphatic heterocycles. The first-order valence-corrected chi connectivity index (χ1v) is 7.67. The summed E-state index contributed by atoms with van der Waals surface area (Å²) in [5, 5.41) is 7.22. The van der Waals surface area contributed by atoms with Gasteiger partial charge >= 0.3 is 0 Å². The third-order valence-electron chi connectivity index (χ3n) is 4.17. The van der Waals surface area contributed by atoms with Crippen molar-refractivity contribution in [3.8, 4) is 0 Å². The molecule has 3 rings (SSSR count). The summed E-state index contributed by atoms with van der Waals surface area (Å²) < 4.78 is 7.79. The standard InChI is InChI=1S/C15H24N4O2/c1-10(2)17-15(20)13-4-12-8-19(9-14(13)21-12)7-11-5-16-18(3)6-11/h5-6,10,12-14H,4,7-9H2,1-3H3,(H,17,20). The number of likely N-dealkylation sites (tertiary alicyclic amines) is 1. The van der Waals surface area contributed by atoms with Crippen LogP contribution in [0.5, 0.6) is 0 Å². The summed E-state index contributed by atoms with van der Waals surface area (Å²) >= 11 is 0. The van der Waals surface area contributed by atoms with E-state index in [1.54, 1.807) is 0 Å². The summed E-state index contributed by atoms with van der Waals surface area (Å²) in [5.74, 6) is 0.136. The molecule has 1 aromatic rings. The predicted octanol–water partition coefficient (Wildman–Crippen LogP) is 0.534. The molecule has 6 heteroatoms. The lowest BCUT2D eigenvalue weighted by atomic mass is 9.99. The lowest BCUT2D eigenvalue weighted by molar-refractivity contribution is -0.128. The molecule has 3 unspecified atom stereocenters. The number of carbonyl (C=O) groups excluding carboxylic acids is 1. The van der Waals surface area contributed by atoms with Crippen molar-refractivity contribution >= 4 is 5.91 Å². The van der Waals surface area contributed by atoms with Crippen LogP contribution in [0.1, 0.15) is 25.8 Å². The van der Waals surface area contributed by atoms with Crippen molar-refractivity contribution in [2.24, 2.45) is 13.0 Å². The Balaban J connectivity index is 1.60. The number of nitrogens with zero attached hydrogens (tertiary/aromatic N) is 3. The molecule has 1 amide bonds. The fraction of sp³-hybridized carbons (Fsp3) is 0.733. The average Bonchev–Trinajstić information content (AvgIpc) is 2.92. The van der Waals surface area contributed by atoms with Gasteiger partial charge in [-0.3, -0.25) is 14.4 Å². The van der Waals surface area contributed by atoms with E-state index < -0.39 is 0 Å². The second-order valence-electron chi connectivity index (χ2n) is 6.52. The second kappa shape index (κ2) is 5.77. The number of aromatic nitrogens is 2. The van der Waals surface area contributed by atoms with Gasteiger partial charge in [0.25, 0.3) is 0 Å². The zero-order chi connectivity index (χ0) is 15.0. The summed E-state index contributed by atoms with van der Waals surface area (Å²) in [6.07, 6.45) is 5.00. The zero-order valence-corrected chi connectivity index (χ0v) is 13.0. The maximum atomic E-state index is 12.2. The number of hydrogen-bond acceptors (Lipinski definition) is 4. The smallest absolute Gasteiger partial charge is 0.226 e. The first-order valence-electron chi connectivity index (χ1n) is 7.67. The van der Waals surface area contributed by atoms with Crippen LogP contribution in [-0.2, 0) is 23.1 Å². The van der Waals surface area contributed by atoms with E-state index in [0.29, 0.717) is 0 Å². The normalized spacial score (nSPS) is 29.0. The van der Waals surface area contributed by atoms with Crippen LogP contribution in [0.4, 0.5) is 0 Å². The maximum absolute atomic E-state index is 12.2. The number of rotatable bonds is 4. The largest absolute Gasteiger partial charge is 0.371 e. The number of ether oxygens (including phenoxy) is 1. The molecule has 21 heavy (non-hydrogen) atoms. The van der Waals surface area contributed by atoms with E-state index in [4.69, 9.17) is 4.74 Å². The Morgan fingerprint density at radius 2 is 2.33 bits per heavy atom. The molecule has 2 bridgehead atoms.